The topological polar surface area (TPSA) is 43.8 Å². The molecule has 2 fully saturated rings. The predicted molar refractivity (Wildman–Crippen MR) is 108 cm³/mol. The summed E-state index contributed by atoms with van der Waals surface area (Å²) < 4.78 is 0. The fourth-order valence-electron chi connectivity index (χ4n) is 6.20. The van der Waals surface area contributed by atoms with Crippen molar-refractivity contribution in [1.29, 1.82) is 0 Å². The van der Waals surface area contributed by atoms with E-state index >= 15 is 0 Å². The molecule has 4 rings (SSSR count). The Morgan fingerprint density at radius 2 is 1.96 bits per heavy atom. The van der Waals surface area contributed by atoms with Crippen molar-refractivity contribution < 1.29 is 9.90 Å². The van der Waals surface area contributed by atoms with Crippen molar-refractivity contribution >= 4 is 5.91 Å². The molecule has 1 N–H and O–H groups in total. The fourth-order valence-corrected chi connectivity index (χ4v) is 6.20. The zero-order chi connectivity index (χ0) is 19.2. The van der Waals surface area contributed by atoms with Crippen molar-refractivity contribution in [2.75, 3.05) is 20.6 Å². The van der Waals surface area contributed by atoms with Crippen LogP contribution in [0.15, 0.2) is 18.2 Å². The van der Waals surface area contributed by atoms with Gasteiger partial charge in [0.15, 0.2) is 0 Å². The Labute approximate surface area is 163 Å². The molecule has 27 heavy (non-hydrogen) atoms. The van der Waals surface area contributed by atoms with Crippen LogP contribution in [0.3, 0.4) is 0 Å². The van der Waals surface area contributed by atoms with Gasteiger partial charge in [0.1, 0.15) is 5.75 Å². The van der Waals surface area contributed by atoms with Crippen LogP contribution in [0.25, 0.3) is 0 Å². The van der Waals surface area contributed by atoms with E-state index in [1.807, 2.05) is 19.2 Å². The molecule has 0 spiro atoms. The molecule has 4 nitrogen and oxygen atoms in total. The molecular weight excluding hydrogens is 336 g/mol. The van der Waals surface area contributed by atoms with Crippen LogP contribution in [0.5, 0.6) is 5.75 Å². The quantitative estimate of drug-likeness (QED) is 0.863. The summed E-state index contributed by atoms with van der Waals surface area (Å²) in [5, 5.41) is 10.2. The maximum atomic E-state index is 13.4. The summed E-state index contributed by atoms with van der Waals surface area (Å²) in [7, 11) is 4.26. The number of likely N-dealkylation sites (N-methyl/N-ethyl adjacent to an activating group) is 2. The van der Waals surface area contributed by atoms with Gasteiger partial charge >= 0.3 is 0 Å². The van der Waals surface area contributed by atoms with Gasteiger partial charge in [-0.15, -0.1) is 0 Å². The Balaban J connectivity index is 1.74. The monoisotopic (exact) mass is 370 g/mol. The van der Waals surface area contributed by atoms with E-state index in [0.29, 0.717) is 17.7 Å². The van der Waals surface area contributed by atoms with Crippen LogP contribution in [-0.2, 0) is 16.6 Å². The highest BCUT2D eigenvalue weighted by atomic mass is 16.3. The first-order valence-corrected chi connectivity index (χ1v) is 10.7. The van der Waals surface area contributed by atoms with E-state index in [9.17, 15) is 9.90 Å². The maximum absolute atomic E-state index is 13.4. The molecule has 1 amide bonds. The Hall–Kier alpha value is -1.55. The SMILES string of the molecule is CN1CCC[C@@]2(C)c3cc(O)ccc3C[C@@H]1[C@@H]2N(C)C(=O)C1CCCCC1. The number of phenols is 1. The molecule has 2 aliphatic carbocycles. The summed E-state index contributed by atoms with van der Waals surface area (Å²) in [6.07, 6.45) is 8.87. The summed E-state index contributed by atoms with van der Waals surface area (Å²) in [6, 6.07) is 6.36. The molecule has 1 aliphatic heterocycles. The molecule has 0 radical (unpaired) electrons. The van der Waals surface area contributed by atoms with Crippen LogP contribution in [-0.4, -0.2) is 53.5 Å². The third kappa shape index (κ3) is 3.16. The normalized spacial score (nSPS) is 31.8. The second kappa shape index (κ2) is 7.12. The standard InChI is InChI=1S/C23H34N2O2/c1-23-12-7-13-24(2)20(14-17-10-11-18(26)15-19(17)23)21(23)25(3)22(27)16-8-5-4-6-9-16/h10-11,15-16,20-21,26H,4-9,12-14H2,1-3H3/t20-,21+,23+/m1/s1. The molecule has 1 aromatic carbocycles. The second-order valence-electron chi connectivity index (χ2n) is 9.34. The zero-order valence-electron chi connectivity index (χ0n) is 17.1. The van der Waals surface area contributed by atoms with Gasteiger partial charge in [0.2, 0.25) is 5.91 Å². The van der Waals surface area contributed by atoms with E-state index in [4.69, 9.17) is 0 Å². The van der Waals surface area contributed by atoms with Gasteiger partial charge < -0.3 is 14.9 Å². The van der Waals surface area contributed by atoms with Crippen molar-refractivity contribution in [1.82, 2.24) is 9.80 Å². The maximum Gasteiger partial charge on any atom is 0.225 e. The molecule has 3 atom stereocenters. The Morgan fingerprint density at radius 1 is 1.22 bits per heavy atom. The highest BCUT2D eigenvalue weighted by Gasteiger charge is 2.51. The number of aromatic hydroxyl groups is 1. The van der Waals surface area contributed by atoms with Crippen LogP contribution in [0.1, 0.15) is 63.0 Å². The number of likely N-dealkylation sites (tertiary alicyclic amines) is 1. The summed E-state index contributed by atoms with van der Waals surface area (Å²) in [6.45, 7) is 3.40. The Morgan fingerprint density at radius 3 is 2.70 bits per heavy atom. The average Bonchev–Trinajstić information content (AvgIpc) is 2.76. The van der Waals surface area contributed by atoms with Gasteiger partial charge in [-0.25, -0.2) is 0 Å². The number of carbonyl (C=O) groups is 1. The summed E-state index contributed by atoms with van der Waals surface area (Å²) in [4.78, 5) is 18.0. The van der Waals surface area contributed by atoms with E-state index in [-0.39, 0.29) is 17.4 Å². The zero-order valence-corrected chi connectivity index (χ0v) is 17.1. The predicted octanol–water partition coefficient (Wildman–Crippen LogP) is 3.71. The van der Waals surface area contributed by atoms with Crippen molar-refractivity contribution in [3.63, 3.8) is 0 Å². The number of amides is 1. The second-order valence-corrected chi connectivity index (χ2v) is 9.34. The van der Waals surface area contributed by atoms with Gasteiger partial charge in [0.25, 0.3) is 0 Å². The van der Waals surface area contributed by atoms with Gasteiger partial charge in [-0.1, -0.05) is 32.3 Å². The highest BCUT2D eigenvalue weighted by Crippen LogP contribution is 2.47. The molecule has 2 bridgehead atoms. The third-order valence-electron chi connectivity index (χ3n) is 7.65. The van der Waals surface area contributed by atoms with E-state index in [0.717, 1.165) is 38.6 Å². The molecular formula is C23H34N2O2. The highest BCUT2D eigenvalue weighted by molar-refractivity contribution is 5.79. The van der Waals surface area contributed by atoms with Crippen molar-refractivity contribution in [3.8, 4) is 5.75 Å². The van der Waals surface area contributed by atoms with E-state index in [2.05, 4.69) is 29.8 Å². The minimum atomic E-state index is -0.110. The van der Waals surface area contributed by atoms with Crippen LogP contribution >= 0.6 is 0 Å². The summed E-state index contributed by atoms with van der Waals surface area (Å²) in [5.41, 5.74) is 2.48. The number of carbonyl (C=O) groups excluding carboxylic acids is 1. The smallest absolute Gasteiger partial charge is 0.225 e. The van der Waals surface area contributed by atoms with E-state index in [1.165, 1.54) is 30.4 Å². The van der Waals surface area contributed by atoms with Crippen LogP contribution < -0.4 is 0 Å². The number of benzene rings is 1. The van der Waals surface area contributed by atoms with Crippen molar-refractivity contribution in [2.24, 2.45) is 5.92 Å². The molecule has 3 aliphatic rings. The molecule has 1 aromatic rings. The Kier molecular flexibility index (Phi) is 4.96. The first-order valence-electron chi connectivity index (χ1n) is 10.7. The van der Waals surface area contributed by atoms with E-state index < -0.39 is 0 Å². The lowest BCUT2D eigenvalue weighted by atomic mass is 9.63. The molecule has 0 unspecified atom stereocenters. The summed E-state index contributed by atoms with van der Waals surface area (Å²) >= 11 is 0. The van der Waals surface area contributed by atoms with Crippen molar-refractivity contribution in [2.45, 2.75) is 75.8 Å². The number of hydrogen-bond acceptors (Lipinski definition) is 3. The molecule has 1 saturated carbocycles. The number of hydrogen-bond donors (Lipinski definition) is 1. The summed E-state index contributed by atoms with van der Waals surface area (Å²) in [5.74, 6) is 0.881. The average molecular weight is 371 g/mol. The van der Waals surface area contributed by atoms with Gasteiger partial charge in [0.05, 0.1) is 6.04 Å². The van der Waals surface area contributed by atoms with Gasteiger partial charge in [-0.05, 0) is 69.0 Å². The van der Waals surface area contributed by atoms with E-state index in [1.54, 1.807) is 0 Å². The lowest BCUT2D eigenvalue weighted by Gasteiger charge is -2.52. The molecule has 1 saturated heterocycles. The molecule has 4 heteroatoms. The van der Waals surface area contributed by atoms with Crippen LogP contribution in [0.2, 0.25) is 0 Å². The number of fused-ring (bicyclic) bond motifs is 4. The minimum Gasteiger partial charge on any atom is -0.508 e. The molecule has 1 heterocycles. The lowest BCUT2D eigenvalue weighted by molar-refractivity contribution is -0.140. The van der Waals surface area contributed by atoms with Crippen LogP contribution in [0.4, 0.5) is 0 Å². The fraction of sp³-hybridized carbons (Fsp3) is 0.696. The lowest BCUT2D eigenvalue weighted by Crippen LogP contribution is -2.62. The van der Waals surface area contributed by atoms with Gasteiger partial charge in [-0.2, -0.15) is 0 Å². The van der Waals surface area contributed by atoms with Crippen LogP contribution in [0, 0.1) is 5.92 Å². The Bertz CT molecular complexity index is 712. The number of rotatable bonds is 2. The molecule has 148 valence electrons. The van der Waals surface area contributed by atoms with Crippen molar-refractivity contribution in [3.05, 3.63) is 29.3 Å². The first-order chi connectivity index (χ1) is 12.9. The first kappa shape index (κ1) is 18.8. The van der Waals surface area contributed by atoms with Gasteiger partial charge in [-0.3, -0.25) is 4.79 Å². The largest absolute Gasteiger partial charge is 0.508 e. The minimum absolute atomic E-state index is 0.110. The number of nitrogens with zero attached hydrogens (tertiary/aromatic N) is 2. The van der Waals surface area contributed by atoms with Gasteiger partial charge in [0, 0.05) is 24.4 Å². The third-order valence-corrected chi connectivity index (χ3v) is 7.65. The molecule has 0 aromatic heterocycles. The number of phenolic OH excluding ortho intramolecular Hbond substituents is 1.